The summed E-state index contributed by atoms with van der Waals surface area (Å²) in [5.74, 6) is 2.68. The Kier molecular flexibility index (Phi) is 4.88. The Morgan fingerprint density at radius 3 is 3.08 bits per heavy atom. The van der Waals surface area contributed by atoms with Crippen molar-refractivity contribution in [3.8, 4) is 12.3 Å². The van der Waals surface area contributed by atoms with Crippen LogP contribution in [0.25, 0.3) is 0 Å². The second-order valence-corrected chi connectivity index (χ2v) is 3.60. The molecule has 1 aliphatic rings. The highest BCUT2D eigenvalue weighted by Gasteiger charge is 2.19. The van der Waals surface area contributed by atoms with Crippen molar-refractivity contribution in [1.82, 2.24) is 5.32 Å². The maximum atomic E-state index is 5.57. The summed E-state index contributed by atoms with van der Waals surface area (Å²) in [6, 6.07) is 0.527. The molecule has 1 aliphatic heterocycles. The molecule has 2 atom stereocenters. The summed E-state index contributed by atoms with van der Waals surface area (Å²) in [7, 11) is 2.00. The van der Waals surface area contributed by atoms with Gasteiger partial charge >= 0.3 is 0 Å². The van der Waals surface area contributed by atoms with Crippen molar-refractivity contribution >= 4 is 0 Å². The monoisotopic (exact) mass is 181 g/mol. The van der Waals surface area contributed by atoms with Crippen LogP contribution in [0, 0.1) is 12.3 Å². The fourth-order valence-corrected chi connectivity index (χ4v) is 1.79. The number of nitrogens with one attached hydrogen (secondary N) is 1. The van der Waals surface area contributed by atoms with Gasteiger partial charge in [0.05, 0.1) is 6.10 Å². The molecule has 0 bridgehead atoms. The van der Waals surface area contributed by atoms with Crippen LogP contribution in [-0.2, 0) is 4.74 Å². The standard InChI is InChI=1S/C11H19NO/c1-3-4-6-10(12-2)9-11-7-5-8-13-11/h1,10-12H,4-9H2,2H3. The highest BCUT2D eigenvalue weighted by atomic mass is 16.5. The fraction of sp³-hybridized carbons (Fsp3) is 0.818. The van der Waals surface area contributed by atoms with Crippen molar-refractivity contribution in [3.05, 3.63) is 0 Å². The number of terminal acetylenes is 1. The third kappa shape index (κ3) is 3.80. The lowest BCUT2D eigenvalue weighted by Crippen LogP contribution is -2.29. The molecule has 0 amide bonds. The van der Waals surface area contributed by atoms with E-state index in [1.54, 1.807) is 0 Å². The van der Waals surface area contributed by atoms with Gasteiger partial charge in [-0.3, -0.25) is 0 Å². The number of ether oxygens (including phenoxy) is 1. The van der Waals surface area contributed by atoms with Gasteiger partial charge in [-0.15, -0.1) is 12.3 Å². The Labute approximate surface area is 81.0 Å². The number of hydrogen-bond acceptors (Lipinski definition) is 2. The second-order valence-electron chi connectivity index (χ2n) is 3.60. The summed E-state index contributed by atoms with van der Waals surface area (Å²) >= 11 is 0. The lowest BCUT2D eigenvalue weighted by molar-refractivity contribution is 0.0946. The minimum atomic E-state index is 0.468. The van der Waals surface area contributed by atoms with E-state index in [2.05, 4.69) is 11.2 Å². The van der Waals surface area contributed by atoms with Gasteiger partial charge in [0.2, 0.25) is 0 Å². The van der Waals surface area contributed by atoms with Crippen LogP contribution < -0.4 is 5.32 Å². The molecule has 1 saturated heterocycles. The van der Waals surface area contributed by atoms with Crippen molar-refractivity contribution in [1.29, 1.82) is 0 Å². The van der Waals surface area contributed by atoms with Gasteiger partial charge in [-0.1, -0.05) is 0 Å². The zero-order chi connectivity index (χ0) is 9.52. The SMILES string of the molecule is C#CCCC(CC1CCCO1)NC. The second kappa shape index (κ2) is 6.01. The smallest absolute Gasteiger partial charge is 0.0590 e. The summed E-state index contributed by atoms with van der Waals surface area (Å²) < 4.78 is 5.57. The molecule has 13 heavy (non-hydrogen) atoms. The molecule has 1 fully saturated rings. The van der Waals surface area contributed by atoms with E-state index < -0.39 is 0 Å². The largest absolute Gasteiger partial charge is 0.378 e. The van der Waals surface area contributed by atoms with Gasteiger partial charge in [-0.05, 0) is 32.7 Å². The highest BCUT2D eigenvalue weighted by molar-refractivity contribution is 4.86. The Hall–Kier alpha value is -0.520. The molecule has 74 valence electrons. The van der Waals surface area contributed by atoms with Gasteiger partial charge in [0.1, 0.15) is 0 Å². The molecule has 1 rings (SSSR count). The Morgan fingerprint density at radius 2 is 2.54 bits per heavy atom. The van der Waals surface area contributed by atoms with Crippen LogP contribution in [0.3, 0.4) is 0 Å². The molecule has 0 saturated carbocycles. The van der Waals surface area contributed by atoms with Crippen molar-refractivity contribution in [3.63, 3.8) is 0 Å². The van der Waals surface area contributed by atoms with Crippen molar-refractivity contribution < 1.29 is 4.74 Å². The first-order chi connectivity index (χ1) is 6.36. The molecule has 1 heterocycles. The van der Waals surface area contributed by atoms with Gasteiger partial charge in [-0.25, -0.2) is 0 Å². The van der Waals surface area contributed by atoms with Crippen LogP contribution in [0.2, 0.25) is 0 Å². The molecule has 0 radical (unpaired) electrons. The minimum Gasteiger partial charge on any atom is -0.378 e. The number of rotatable bonds is 5. The summed E-state index contributed by atoms with van der Waals surface area (Å²) in [5, 5.41) is 3.29. The molecule has 0 aromatic carbocycles. The van der Waals surface area contributed by atoms with Crippen molar-refractivity contribution in [2.75, 3.05) is 13.7 Å². The van der Waals surface area contributed by atoms with E-state index in [4.69, 9.17) is 11.2 Å². The van der Waals surface area contributed by atoms with Gasteiger partial charge in [-0.2, -0.15) is 0 Å². The predicted molar refractivity (Wildman–Crippen MR) is 54.5 cm³/mol. The van der Waals surface area contributed by atoms with Crippen molar-refractivity contribution in [2.24, 2.45) is 0 Å². The van der Waals surface area contributed by atoms with Crippen LogP contribution in [0.4, 0.5) is 0 Å². The highest BCUT2D eigenvalue weighted by Crippen LogP contribution is 2.18. The van der Waals surface area contributed by atoms with E-state index in [0.29, 0.717) is 12.1 Å². The van der Waals surface area contributed by atoms with E-state index in [1.165, 1.54) is 12.8 Å². The van der Waals surface area contributed by atoms with Crippen LogP contribution in [-0.4, -0.2) is 25.8 Å². The molecule has 0 aliphatic carbocycles. The van der Waals surface area contributed by atoms with E-state index in [-0.39, 0.29) is 0 Å². The summed E-state index contributed by atoms with van der Waals surface area (Å²) in [6.07, 6.45) is 11.2. The molecular weight excluding hydrogens is 162 g/mol. The molecule has 2 unspecified atom stereocenters. The molecule has 1 N–H and O–H groups in total. The third-order valence-electron chi connectivity index (χ3n) is 2.62. The zero-order valence-corrected chi connectivity index (χ0v) is 8.38. The molecule has 0 spiro atoms. The molecule has 2 nitrogen and oxygen atoms in total. The summed E-state index contributed by atoms with van der Waals surface area (Å²) in [5.41, 5.74) is 0. The fourth-order valence-electron chi connectivity index (χ4n) is 1.79. The molecule has 2 heteroatoms. The van der Waals surface area contributed by atoms with Crippen LogP contribution in [0.15, 0.2) is 0 Å². The number of hydrogen-bond donors (Lipinski definition) is 1. The Morgan fingerprint density at radius 1 is 1.69 bits per heavy atom. The van der Waals surface area contributed by atoms with Gasteiger partial charge in [0, 0.05) is 19.1 Å². The van der Waals surface area contributed by atoms with E-state index in [0.717, 1.165) is 25.9 Å². The zero-order valence-electron chi connectivity index (χ0n) is 8.38. The van der Waals surface area contributed by atoms with E-state index in [9.17, 15) is 0 Å². The molecule has 0 aromatic rings. The van der Waals surface area contributed by atoms with Gasteiger partial charge in [0.15, 0.2) is 0 Å². The average Bonchev–Trinajstić information content (AvgIpc) is 2.64. The first kappa shape index (κ1) is 10.6. The first-order valence-electron chi connectivity index (χ1n) is 5.09. The normalized spacial score (nSPS) is 24.2. The third-order valence-corrected chi connectivity index (χ3v) is 2.62. The maximum Gasteiger partial charge on any atom is 0.0590 e. The summed E-state index contributed by atoms with van der Waals surface area (Å²) in [4.78, 5) is 0. The van der Waals surface area contributed by atoms with Crippen LogP contribution in [0.1, 0.15) is 32.1 Å². The Balaban J connectivity index is 2.18. The van der Waals surface area contributed by atoms with E-state index in [1.807, 2.05) is 7.05 Å². The van der Waals surface area contributed by atoms with E-state index >= 15 is 0 Å². The molecular formula is C11H19NO. The summed E-state index contributed by atoms with van der Waals surface area (Å²) in [6.45, 7) is 0.941. The Bertz CT molecular complexity index is 167. The van der Waals surface area contributed by atoms with Crippen molar-refractivity contribution in [2.45, 2.75) is 44.2 Å². The minimum absolute atomic E-state index is 0.468. The van der Waals surface area contributed by atoms with Crippen LogP contribution in [0.5, 0.6) is 0 Å². The maximum absolute atomic E-state index is 5.57. The lowest BCUT2D eigenvalue weighted by atomic mass is 10.0. The van der Waals surface area contributed by atoms with Gasteiger partial charge in [0.25, 0.3) is 0 Å². The average molecular weight is 181 g/mol. The predicted octanol–water partition coefficient (Wildman–Crippen LogP) is 1.56. The topological polar surface area (TPSA) is 21.3 Å². The first-order valence-corrected chi connectivity index (χ1v) is 5.09. The molecule has 0 aromatic heterocycles. The quantitative estimate of drug-likeness (QED) is 0.650. The lowest BCUT2D eigenvalue weighted by Gasteiger charge is -2.18. The van der Waals surface area contributed by atoms with Gasteiger partial charge < -0.3 is 10.1 Å². The van der Waals surface area contributed by atoms with Crippen LogP contribution >= 0.6 is 0 Å².